The first kappa shape index (κ1) is 16.8. The normalized spacial score (nSPS) is 10.9. The quantitative estimate of drug-likeness (QED) is 0.535. The molecule has 26 heavy (non-hydrogen) atoms. The fourth-order valence-corrected chi connectivity index (χ4v) is 4.23. The van der Waals surface area contributed by atoms with Crippen LogP contribution in [0.15, 0.2) is 65.4 Å². The first-order chi connectivity index (χ1) is 12.7. The number of phenolic OH excluding ortho intramolecular Hbond substituents is 1. The molecule has 0 spiro atoms. The summed E-state index contributed by atoms with van der Waals surface area (Å²) in [5, 5.41) is 14.9. The number of benzene rings is 1. The molecule has 1 aromatic carbocycles. The van der Waals surface area contributed by atoms with E-state index in [2.05, 4.69) is 4.98 Å². The molecule has 1 N–H and O–H groups in total. The molecule has 3 aromatic heterocycles. The third kappa shape index (κ3) is 3.47. The highest BCUT2D eigenvalue weighted by atomic mass is 32.1. The van der Waals surface area contributed by atoms with Crippen molar-refractivity contribution in [2.75, 3.05) is 0 Å². The van der Waals surface area contributed by atoms with Crippen LogP contribution in [0.4, 0.5) is 0 Å². The van der Waals surface area contributed by atoms with Gasteiger partial charge < -0.3 is 10.0 Å². The molecular weight excluding hydrogens is 364 g/mol. The lowest BCUT2D eigenvalue weighted by molar-refractivity contribution is 0.0728. The number of carbonyl (C=O) groups is 1. The minimum absolute atomic E-state index is 0.0835. The van der Waals surface area contributed by atoms with Crippen LogP contribution in [-0.4, -0.2) is 20.9 Å². The van der Waals surface area contributed by atoms with Gasteiger partial charge in [0, 0.05) is 15.1 Å². The van der Waals surface area contributed by atoms with Gasteiger partial charge >= 0.3 is 0 Å². The fraction of sp³-hybridized carbons (Fsp3) is 0.100. The number of aromatic nitrogens is 1. The van der Waals surface area contributed by atoms with Gasteiger partial charge in [-0.1, -0.05) is 30.3 Å². The van der Waals surface area contributed by atoms with Crippen LogP contribution >= 0.6 is 22.7 Å². The number of hydrogen-bond acceptors (Lipinski definition) is 5. The van der Waals surface area contributed by atoms with Gasteiger partial charge in [0.25, 0.3) is 5.91 Å². The molecule has 0 saturated heterocycles. The van der Waals surface area contributed by atoms with Crippen LogP contribution in [-0.2, 0) is 13.1 Å². The van der Waals surface area contributed by atoms with Gasteiger partial charge in [0.05, 0.1) is 13.1 Å². The van der Waals surface area contributed by atoms with Crippen molar-refractivity contribution in [2.45, 2.75) is 13.1 Å². The lowest BCUT2D eigenvalue weighted by Gasteiger charge is -2.21. The van der Waals surface area contributed by atoms with E-state index in [1.165, 1.54) is 0 Å². The third-order valence-corrected chi connectivity index (χ3v) is 5.78. The van der Waals surface area contributed by atoms with Crippen LogP contribution < -0.4 is 0 Å². The molecule has 0 saturated carbocycles. The van der Waals surface area contributed by atoms with Crippen LogP contribution in [0.5, 0.6) is 5.75 Å². The van der Waals surface area contributed by atoms with E-state index in [1.54, 1.807) is 45.8 Å². The molecule has 0 aliphatic rings. The van der Waals surface area contributed by atoms with Crippen LogP contribution in [0.25, 0.3) is 10.9 Å². The lowest BCUT2D eigenvalue weighted by atomic mass is 10.2. The SMILES string of the molecule is O=C(c1ccc2cccc(O)c2n1)N(Cc1cccs1)Cc1cccs1. The van der Waals surface area contributed by atoms with E-state index in [9.17, 15) is 9.90 Å². The van der Waals surface area contributed by atoms with Crippen molar-refractivity contribution in [3.8, 4) is 5.75 Å². The molecule has 0 atom stereocenters. The van der Waals surface area contributed by atoms with Crippen LogP contribution in [0.1, 0.15) is 20.2 Å². The topological polar surface area (TPSA) is 53.4 Å². The number of phenols is 1. The third-order valence-electron chi connectivity index (χ3n) is 4.06. The number of hydrogen-bond donors (Lipinski definition) is 1. The van der Waals surface area contributed by atoms with E-state index in [-0.39, 0.29) is 11.7 Å². The highest BCUT2D eigenvalue weighted by Crippen LogP contribution is 2.24. The van der Waals surface area contributed by atoms with Crippen LogP contribution in [0.3, 0.4) is 0 Å². The summed E-state index contributed by atoms with van der Waals surface area (Å²) in [6, 6.07) is 16.8. The first-order valence-corrected chi connectivity index (χ1v) is 9.89. The standard InChI is InChI=1S/C20H16N2O2S2/c23-18-7-1-4-14-8-9-17(21-19(14)18)20(24)22(12-15-5-2-10-25-15)13-16-6-3-11-26-16/h1-11,23H,12-13H2. The number of thiophene rings is 2. The fourth-order valence-electron chi connectivity index (χ4n) is 2.79. The van der Waals surface area contributed by atoms with Gasteiger partial charge in [-0.05, 0) is 35.0 Å². The number of rotatable bonds is 5. The molecule has 4 rings (SSSR count). The average Bonchev–Trinajstić information content (AvgIpc) is 3.35. The van der Waals surface area contributed by atoms with Gasteiger partial charge in [-0.25, -0.2) is 4.98 Å². The Morgan fingerprint density at radius 2 is 1.62 bits per heavy atom. The zero-order valence-corrected chi connectivity index (χ0v) is 15.5. The first-order valence-electron chi connectivity index (χ1n) is 8.13. The zero-order chi connectivity index (χ0) is 17.9. The van der Waals surface area contributed by atoms with Crippen LogP contribution in [0, 0.1) is 0 Å². The lowest BCUT2D eigenvalue weighted by Crippen LogP contribution is -2.30. The molecule has 130 valence electrons. The number of fused-ring (bicyclic) bond motifs is 1. The molecule has 0 bridgehead atoms. The van der Waals surface area contributed by atoms with E-state index in [1.807, 2.05) is 47.2 Å². The largest absolute Gasteiger partial charge is 0.506 e. The van der Waals surface area contributed by atoms with Gasteiger partial charge in [0.15, 0.2) is 0 Å². The molecule has 0 radical (unpaired) electrons. The van der Waals surface area contributed by atoms with Gasteiger partial charge in [0.2, 0.25) is 0 Å². The van der Waals surface area contributed by atoms with E-state index in [4.69, 9.17) is 0 Å². The molecule has 0 aliphatic carbocycles. The predicted octanol–water partition coefficient (Wildman–Crippen LogP) is 4.91. The van der Waals surface area contributed by atoms with Gasteiger partial charge in [0.1, 0.15) is 17.0 Å². The second-order valence-corrected chi connectivity index (χ2v) is 7.93. The van der Waals surface area contributed by atoms with Crippen molar-refractivity contribution in [1.82, 2.24) is 9.88 Å². The number of aromatic hydroxyl groups is 1. The molecular formula is C20H16N2O2S2. The predicted molar refractivity (Wildman–Crippen MR) is 106 cm³/mol. The van der Waals surface area contributed by atoms with Crippen molar-refractivity contribution in [1.29, 1.82) is 0 Å². The van der Waals surface area contributed by atoms with Crippen LogP contribution in [0.2, 0.25) is 0 Å². The molecule has 0 fully saturated rings. The molecule has 0 unspecified atom stereocenters. The Labute approximate surface area is 159 Å². The summed E-state index contributed by atoms with van der Waals surface area (Å²) in [5.74, 6) is -0.0582. The Kier molecular flexibility index (Phi) is 4.69. The summed E-state index contributed by atoms with van der Waals surface area (Å²) in [7, 11) is 0. The Morgan fingerprint density at radius 1 is 0.923 bits per heavy atom. The van der Waals surface area contributed by atoms with E-state index in [0.717, 1.165) is 15.1 Å². The van der Waals surface area contributed by atoms with Crippen molar-refractivity contribution in [3.63, 3.8) is 0 Å². The monoisotopic (exact) mass is 380 g/mol. The number of nitrogens with zero attached hydrogens (tertiary/aromatic N) is 2. The summed E-state index contributed by atoms with van der Waals surface area (Å²) in [6.07, 6.45) is 0. The summed E-state index contributed by atoms with van der Waals surface area (Å²) in [5.41, 5.74) is 0.789. The molecule has 4 nitrogen and oxygen atoms in total. The second-order valence-electron chi connectivity index (χ2n) is 5.87. The number of pyridine rings is 1. The Hall–Kier alpha value is -2.70. The number of carbonyl (C=O) groups excluding carboxylic acids is 1. The van der Waals surface area contributed by atoms with Gasteiger partial charge in [-0.2, -0.15) is 0 Å². The smallest absolute Gasteiger partial charge is 0.273 e. The summed E-state index contributed by atoms with van der Waals surface area (Å²) < 4.78 is 0. The van der Waals surface area contributed by atoms with E-state index >= 15 is 0 Å². The highest BCUT2D eigenvalue weighted by Gasteiger charge is 2.19. The summed E-state index contributed by atoms with van der Waals surface area (Å²) in [6.45, 7) is 1.07. The molecule has 1 amide bonds. The van der Waals surface area contributed by atoms with Crippen molar-refractivity contribution < 1.29 is 9.90 Å². The van der Waals surface area contributed by atoms with Gasteiger partial charge in [-0.15, -0.1) is 22.7 Å². The van der Waals surface area contributed by atoms with Crippen molar-refractivity contribution >= 4 is 39.5 Å². The zero-order valence-electron chi connectivity index (χ0n) is 13.8. The Balaban J connectivity index is 1.67. The molecule has 4 aromatic rings. The molecule has 0 aliphatic heterocycles. The maximum Gasteiger partial charge on any atom is 0.273 e. The molecule has 6 heteroatoms. The maximum absolute atomic E-state index is 13.1. The molecule has 3 heterocycles. The minimum Gasteiger partial charge on any atom is -0.506 e. The number of para-hydroxylation sites is 1. The second kappa shape index (κ2) is 7.27. The number of amides is 1. The van der Waals surface area contributed by atoms with Crippen molar-refractivity contribution in [3.05, 3.63) is 80.8 Å². The maximum atomic E-state index is 13.1. The summed E-state index contributed by atoms with van der Waals surface area (Å²) in [4.78, 5) is 21.6. The Morgan fingerprint density at radius 3 is 2.23 bits per heavy atom. The van der Waals surface area contributed by atoms with E-state index < -0.39 is 0 Å². The van der Waals surface area contributed by atoms with Gasteiger partial charge in [-0.3, -0.25) is 4.79 Å². The highest BCUT2D eigenvalue weighted by molar-refractivity contribution is 7.10. The minimum atomic E-state index is -0.142. The Bertz CT molecular complexity index is 991. The van der Waals surface area contributed by atoms with E-state index in [0.29, 0.717) is 24.3 Å². The summed E-state index contributed by atoms with van der Waals surface area (Å²) >= 11 is 3.26. The average molecular weight is 380 g/mol. The van der Waals surface area contributed by atoms with Crippen molar-refractivity contribution in [2.24, 2.45) is 0 Å².